The van der Waals surface area contributed by atoms with Crippen LogP contribution in [0.2, 0.25) is 0 Å². The van der Waals surface area contributed by atoms with Gasteiger partial charge in [-0.25, -0.2) is 0 Å². The van der Waals surface area contributed by atoms with E-state index in [4.69, 9.17) is 4.74 Å². The Hall–Kier alpha value is -2.40. The molecule has 0 radical (unpaired) electrons. The number of rotatable bonds is 8. The molecule has 1 aromatic carbocycles. The number of aromatic nitrogens is 1. The molecule has 0 unspecified atom stereocenters. The summed E-state index contributed by atoms with van der Waals surface area (Å²) in [5.74, 6) is 0.660. The van der Waals surface area contributed by atoms with Crippen LogP contribution in [-0.4, -0.2) is 23.5 Å². The van der Waals surface area contributed by atoms with Gasteiger partial charge in [0.2, 0.25) is 5.91 Å². The summed E-state index contributed by atoms with van der Waals surface area (Å²) in [6, 6.07) is 11.4. The summed E-state index contributed by atoms with van der Waals surface area (Å²) in [5.41, 5.74) is 1.86. The highest BCUT2D eigenvalue weighted by Gasteiger charge is 2.08. The molecule has 5 nitrogen and oxygen atoms in total. The van der Waals surface area contributed by atoms with Crippen molar-refractivity contribution in [2.45, 2.75) is 32.9 Å². The number of nitrogens with zero attached hydrogens (tertiary/aromatic N) is 1. The molecule has 2 rings (SSSR count). The molecule has 5 heteroatoms. The highest BCUT2D eigenvalue weighted by Crippen LogP contribution is 2.24. The van der Waals surface area contributed by atoms with Gasteiger partial charge in [0, 0.05) is 31.9 Å². The van der Waals surface area contributed by atoms with Crippen molar-refractivity contribution in [2.24, 2.45) is 0 Å². The van der Waals surface area contributed by atoms with Crippen LogP contribution in [0, 0.1) is 0 Å². The van der Waals surface area contributed by atoms with Crippen LogP contribution in [-0.2, 0) is 11.3 Å². The standard InChI is InChI=1S/C18H23N3O2/c1-14(2)23-17-6-4-3-5-16(17)21-18(22)9-12-20-13-15-7-10-19-11-8-15/h3-8,10-11,14,20H,9,12-13H2,1-2H3,(H,21,22). The van der Waals surface area contributed by atoms with Gasteiger partial charge in [0.1, 0.15) is 5.75 Å². The molecule has 2 aromatic rings. The summed E-state index contributed by atoms with van der Waals surface area (Å²) in [6.07, 6.45) is 3.99. The molecule has 0 atom stereocenters. The van der Waals surface area contributed by atoms with E-state index in [1.807, 2.05) is 50.2 Å². The van der Waals surface area contributed by atoms with Gasteiger partial charge < -0.3 is 15.4 Å². The Morgan fingerprint density at radius 1 is 1.17 bits per heavy atom. The van der Waals surface area contributed by atoms with Crippen LogP contribution in [0.25, 0.3) is 0 Å². The first-order valence-electron chi connectivity index (χ1n) is 7.80. The van der Waals surface area contributed by atoms with Gasteiger partial charge in [0.25, 0.3) is 0 Å². The van der Waals surface area contributed by atoms with Crippen molar-refractivity contribution in [3.63, 3.8) is 0 Å². The van der Waals surface area contributed by atoms with Gasteiger partial charge in [-0.05, 0) is 43.7 Å². The Bertz CT molecular complexity index is 615. The number of pyridine rings is 1. The van der Waals surface area contributed by atoms with Crippen molar-refractivity contribution in [1.82, 2.24) is 10.3 Å². The fraction of sp³-hybridized carbons (Fsp3) is 0.333. The fourth-order valence-corrected chi connectivity index (χ4v) is 2.07. The number of anilines is 1. The molecule has 0 fully saturated rings. The molecule has 1 heterocycles. The first kappa shape index (κ1) is 17.0. The summed E-state index contributed by atoms with van der Waals surface area (Å²) >= 11 is 0. The topological polar surface area (TPSA) is 63.2 Å². The maximum atomic E-state index is 12.0. The van der Waals surface area contributed by atoms with E-state index in [1.165, 1.54) is 0 Å². The van der Waals surface area contributed by atoms with E-state index in [9.17, 15) is 4.79 Å². The lowest BCUT2D eigenvalue weighted by atomic mass is 10.2. The van der Waals surface area contributed by atoms with Gasteiger partial charge >= 0.3 is 0 Å². The molecule has 0 aliphatic rings. The highest BCUT2D eigenvalue weighted by molar-refractivity contribution is 5.92. The van der Waals surface area contributed by atoms with Crippen molar-refractivity contribution >= 4 is 11.6 Å². The van der Waals surface area contributed by atoms with E-state index < -0.39 is 0 Å². The Morgan fingerprint density at radius 2 is 1.91 bits per heavy atom. The first-order valence-corrected chi connectivity index (χ1v) is 7.80. The number of para-hydroxylation sites is 2. The molecule has 23 heavy (non-hydrogen) atoms. The number of carbonyl (C=O) groups excluding carboxylic acids is 1. The van der Waals surface area contributed by atoms with Gasteiger partial charge in [-0.1, -0.05) is 12.1 Å². The van der Waals surface area contributed by atoms with Crippen LogP contribution in [0.4, 0.5) is 5.69 Å². The minimum absolute atomic E-state index is 0.0352. The Morgan fingerprint density at radius 3 is 2.65 bits per heavy atom. The number of carbonyl (C=O) groups is 1. The Kier molecular flexibility index (Phi) is 6.56. The van der Waals surface area contributed by atoms with Crippen molar-refractivity contribution < 1.29 is 9.53 Å². The molecule has 0 aliphatic carbocycles. The second kappa shape index (κ2) is 8.90. The molecular formula is C18H23N3O2. The minimum atomic E-state index is -0.0352. The maximum absolute atomic E-state index is 12.0. The number of amides is 1. The second-order valence-electron chi connectivity index (χ2n) is 5.49. The summed E-state index contributed by atoms with van der Waals surface area (Å²) in [5, 5.41) is 6.15. The minimum Gasteiger partial charge on any atom is -0.489 e. The molecular weight excluding hydrogens is 290 g/mol. The summed E-state index contributed by atoms with van der Waals surface area (Å²) in [4.78, 5) is 16.0. The molecule has 0 spiro atoms. The predicted octanol–water partition coefficient (Wildman–Crippen LogP) is 2.99. The fourth-order valence-electron chi connectivity index (χ4n) is 2.07. The maximum Gasteiger partial charge on any atom is 0.225 e. The normalized spacial score (nSPS) is 10.6. The monoisotopic (exact) mass is 313 g/mol. The van der Waals surface area contributed by atoms with Crippen LogP contribution >= 0.6 is 0 Å². The third-order valence-electron chi connectivity index (χ3n) is 3.13. The van der Waals surface area contributed by atoms with Crippen molar-refractivity contribution in [2.75, 3.05) is 11.9 Å². The molecule has 1 amide bonds. The van der Waals surface area contributed by atoms with Gasteiger partial charge in [0.15, 0.2) is 0 Å². The van der Waals surface area contributed by atoms with Crippen molar-refractivity contribution in [3.8, 4) is 5.75 Å². The van der Waals surface area contributed by atoms with Crippen LogP contribution in [0.1, 0.15) is 25.8 Å². The zero-order valence-electron chi connectivity index (χ0n) is 13.6. The molecule has 0 aliphatic heterocycles. The third kappa shape index (κ3) is 6.08. The predicted molar refractivity (Wildman–Crippen MR) is 91.4 cm³/mol. The Balaban J connectivity index is 1.76. The molecule has 122 valence electrons. The number of nitrogens with one attached hydrogen (secondary N) is 2. The summed E-state index contributed by atoms with van der Waals surface area (Å²) in [7, 11) is 0. The van der Waals surface area contributed by atoms with Crippen LogP contribution in [0.3, 0.4) is 0 Å². The van der Waals surface area contributed by atoms with E-state index in [1.54, 1.807) is 12.4 Å². The summed E-state index contributed by atoms with van der Waals surface area (Å²) < 4.78 is 5.69. The average molecular weight is 313 g/mol. The van der Waals surface area contributed by atoms with Crippen molar-refractivity contribution in [3.05, 3.63) is 54.4 Å². The molecule has 0 saturated heterocycles. The first-order chi connectivity index (χ1) is 11.1. The molecule has 0 saturated carbocycles. The third-order valence-corrected chi connectivity index (χ3v) is 3.13. The van der Waals surface area contributed by atoms with Gasteiger partial charge in [-0.15, -0.1) is 0 Å². The smallest absolute Gasteiger partial charge is 0.225 e. The molecule has 2 N–H and O–H groups in total. The lowest BCUT2D eigenvalue weighted by molar-refractivity contribution is -0.116. The number of hydrogen-bond acceptors (Lipinski definition) is 4. The van der Waals surface area contributed by atoms with Gasteiger partial charge in [0.05, 0.1) is 11.8 Å². The largest absolute Gasteiger partial charge is 0.489 e. The highest BCUT2D eigenvalue weighted by atomic mass is 16.5. The van der Waals surface area contributed by atoms with E-state index in [-0.39, 0.29) is 12.0 Å². The second-order valence-corrected chi connectivity index (χ2v) is 5.49. The summed E-state index contributed by atoms with van der Waals surface area (Å²) in [6.45, 7) is 5.26. The van der Waals surface area contributed by atoms with Crippen molar-refractivity contribution in [1.29, 1.82) is 0 Å². The average Bonchev–Trinajstić information content (AvgIpc) is 2.54. The zero-order valence-corrected chi connectivity index (χ0v) is 13.6. The van der Waals surface area contributed by atoms with Crippen LogP contribution in [0.15, 0.2) is 48.8 Å². The van der Waals surface area contributed by atoms with E-state index >= 15 is 0 Å². The lowest BCUT2D eigenvalue weighted by Crippen LogP contribution is -2.22. The SMILES string of the molecule is CC(C)Oc1ccccc1NC(=O)CCNCc1ccncc1. The lowest BCUT2D eigenvalue weighted by Gasteiger charge is -2.14. The zero-order chi connectivity index (χ0) is 16.5. The molecule has 0 bridgehead atoms. The number of hydrogen-bond donors (Lipinski definition) is 2. The Labute approximate surface area is 137 Å². The van der Waals surface area contributed by atoms with E-state index in [2.05, 4.69) is 15.6 Å². The number of benzene rings is 1. The van der Waals surface area contributed by atoms with Gasteiger partial charge in [-0.3, -0.25) is 9.78 Å². The van der Waals surface area contributed by atoms with Crippen LogP contribution < -0.4 is 15.4 Å². The molecule has 1 aromatic heterocycles. The quantitative estimate of drug-likeness (QED) is 0.735. The van der Waals surface area contributed by atoms with E-state index in [0.29, 0.717) is 24.4 Å². The van der Waals surface area contributed by atoms with Crippen LogP contribution in [0.5, 0.6) is 5.75 Å². The van der Waals surface area contributed by atoms with Gasteiger partial charge in [-0.2, -0.15) is 0 Å². The van der Waals surface area contributed by atoms with E-state index in [0.717, 1.165) is 12.1 Å². The number of ether oxygens (including phenoxy) is 1.